The second-order valence-corrected chi connectivity index (χ2v) is 7.48. The molecule has 2 amide bonds. The van der Waals surface area contributed by atoms with Gasteiger partial charge in [-0.1, -0.05) is 22.0 Å². The molecule has 0 heterocycles. The molecule has 0 bridgehead atoms. The normalized spacial score (nSPS) is 10.3. The molecule has 0 aliphatic heterocycles. The fourth-order valence-electron chi connectivity index (χ4n) is 2.14. The number of benzene rings is 2. The minimum absolute atomic E-state index is 0.252. The molecule has 0 radical (unpaired) electrons. The van der Waals surface area contributed by atoms with Crippen molar-refractivity contribution in [2.45, 2.75) is 6.92 Å². The molecule has 0 fully saturated rings. The van der Waals surface area contributed by atoms with Gasteiger partial charge in [-0.25, -0.2) is 0 Å². The maximum atomic E-state index is 12.4. The Hall–Kier alpha value is -2.10. The highest BCUT2D eigenvalue weighted by molar-refractivity contribution is 9.10. The summed E-state index contributed by atoms with van der Waals surface area (Å²) in [4.78, 5) is 24.4. The average molecular weight is 516 g/mol. The number of ether oxygens (including phenoxy) is 3. The summed E-state index contributed by atoms with van der Waals surface area (Å²) in [7, 11) is 1.56. The van der Waals surface area contributed by atoms with E-state index < -0.39 is 11.8 Å². The third-order valence-corrected chi connectivity index (χ3v) is 4.61. The Balaban J connectivity index is 1.90. The summed E-state index contributed by atoms with van der Waals surface area (Å²) in [5.41, 5.74) is 6.01. The van der Waals surface area contributed by atoms with Gasteiger partial charge in [-0.2, -0.15) is 0 Å². The Morgan fingerprint density at radius 2 is 1.71 bits per heavy atom. The lowest BCUT2D eigenvalue weighted by atomic mass is 10.2. The first-order chi connectivity index (χ1) is 13.4. The van der Waals surface area contributed by atoms with Gasteiger partial charge in [0.05, 0.1) is 16.6 Å². The topological polar surface area (TPSA) is 85.9 Å². The Kier molecular flexibility index (Phi) is 8.75. The molecule has 0 spiro atoms. The zero-order valence-electron chi connectivity index (χ0n) is 15.4. The summed E-state index contributed by atoms with van der Waals surface area (Å²) in [6.45, 7) is 2.38. The van der Waals surface area contributed by atoms with Crippen molar-refractivity contribution in [2.24, 2.45) is 0 Å². The third-order valence-electron chi connectivity index (χ3n) is 3.49. The summed E-state index contributed by atoms with van der Waals surface area (Å²) < 4.78 is 17.4. The summed E-state index contributed by atoms with van der Waals surface area (Å²) in [6.07, 6.45) is 0. The molecular formula is C19H20Br2N2O5. The van der Waals surface area contributed by atoms with Crippen molar-refractivity contribution in [1.82, 2.24) is 10.9 Å². The molecule has 9 heteroatoms. The van der Waals surface area contributed by atoms with Crippen LogP contribution in [0.4, 0.5) is 0 Å². The first-order valence-corrected chi connectivity index (χ1v) is 9.88. The molecule has 0 aliphatic rings. The molecule has 2 aromatic rings. The SMILES string of the molecule is COCCOc1ccc(Br)cc1C(=O)NNC(=O)COc1ccc(C)cc1Br. The van der Waals surface area contributed by atoms with Crippen LogP contribution in [0.15, 0.2) is 45.3 Å². The van der Waals surface area contributed by atoms with Gasteiger partial charge in [0.1, 0.15) is 18.1 Å². The average Bonchev–Trinajstić information content (AvgIpc) is 2.66. The largest absolute Gasteiger partial charge is 0.490 e. The summed E-state index contributed by atoms with van der Waals surface area (Å²) >= 11 is 6.69. The van der Waals surface area contributed by atoms with Gasteiger partial charge < -0.3 is 14.2 Å². The van der Waals surface area contributed by atoms with E-state index in [-0.39, 0.29) is 12.2 Å². The number of hydrogen-bond acceptors (Lipinski definition) is 5. The standard InChI is InChI=1S/C19H20Br2N2O5/c1-12-3-5-17(15(21)9-12)28-11-18(24)22-23-19(25)14-10-13(20)4-6-16(14)27-8-7-26-2/h3-6,9-10H,7-8,11H2,1-2H3,(H,22,24)(H,23,25). The molecule has 0 unspecified atom stereocenters. The van der Waals surface area contributed by atoms with Crippen molar-refractivity contribution in [2.75, 3.05) is 26.9 Å². The first-order valence-electron chi connectivity index (χ1n) is 8.30. The molecule has 2 rings (SSSR count). The van der Waals surface area contributed by atoms with E-state index in [0.29, 0.717) is 29.2 Å². The summed E-state index contributed by atoms with van der Waals surface area (Å²) in [5, 5.41) is 0. The number of methoxy groups -OCH3 is 1. The van der Waals surface area contributed by atoms with Crippen LogP contribution in [-0.2, 0) is 9.53 Å². The molecule has 0 atom stereocenters. The summed E-state index contributed by atoms with van der Waals surface area (Å²) in [6, 6.07) is 10.5. The van der Waals surface area contributed by atoms with E-state index in [2.05, 4.69) is 42.7 Å². The Morgan fingerprint density at radius 3 is 2.43 bits per heavy atom. The van der Waals surface area contributed by atoms with Gasteiger partial charge in [0, 0.05) is 11.6 Å². The fraction of sp³-hybridized carbons (Fsp3) is 0.263. The molecule has 0 aliphatic carbocycles. The Labute approximate surface area is 180 Å². The van der Waals surface area contributed by atoms with Crippen molar-refractivity contribution in [3.05, 3.63) is 56.5 Å². The highest BCUT2D eigenvalue weighted by Gasteiger charge is 2.15. The van der Waals surface area contributed by atoms with E-state index in [1.165, 1.54) is 0 Å². The predicted molar refractivity (Wildman–Crippen MR) is 111 cm³/mol. The van der Waals surface area contributed by atoms with Crippen molar-refractivity contribution < 1.29 is 23.8 Å². The zero-order chi connectivity index (χ0) is 20.5. The number of rotatable bonds is 8. The smallest absolute Gasteiger partial charge is 0.276 e. The van der Waals surface area contributed by atoms with E-state index in [1.54, 1.807) is 31.4 Å². The number of carbonyl (C=O) groups excluding carboxylic acids is 2. The minimum atomic E-state index is -0.515. The number of hydrogen-bond donors (Lipinski definition) is 2. The van der Waals surface area contributed by atoms with Crippen LogP contribution in [-0.4, -0.2) is 38.7 Å². The number of hydrazine groups is 1. The van der Waals surface area contributed by atoms with Crippen molar-refractivity contribution in [1.29, 1.82) is 0 Å². The maximum absolute atomic E-state index is 12.4. The van der Waals surface area contributed by atoms with E-state index in [4.69, 9.17) is 14.2 Å². The van der Waals surface area contributed by atoms with Gasteiger partial charge >= 0.3 is 0 Å². The van der Waals surface area contributed by atoms with Gasteiger partial charge in [0.25, 0.3) is 11.8 Å². The van der Waals surface area contributed by atoms with Crippen LogP contribution in [0.3, 0.4) is 0 Å². The fourth-order valence-corrected chi connectivity index (χ4v) is 3.11. The number of carbonyl (C=O) groups is 2. The molecule has 28 heavy (non-hydrogen) atoms. The van der Waals surface area contributed by atoms with E-state index >= 15 is 0 Å². The number of halogens is 2. The van der Waals surface area contributed by atoms with Crippen LogP contribution in [0.25, 0.3) is 0 Å². The molecule has 0 aromatic heterocycles. The van der Waals surface area contributed by atoms with Gasteiger partial charge in [0.2, 0.25) is 0 Å². The van der Waals surface area contributed by atoms with Crippen LogP contribution >= 0.6 is 31.9 Å². The van der Waals surface area contributed by atoms with Gasteiger partial charge in [-0.3, -0.25) is 20.4 Å². The molecule has 7 nitrogen and oxygen atoms in total. The highest BCUT2D eigenvalue weighted by Crippen LogP contribution is 2.25. The van der Waals surface area contributed by atoms with Crippen LogP contribution < -0.4 is 20.3 Å². The minimum Gasteiger partial charge on any atom is -0.490 e. The Morgan fingerprint density at radius 1 is 0.964 bits per heavy atom. The Bertz CT molecular complexity index is 845. The lowest BCUT2D eigenvalue weighted by Gasteiger charge is -2.13. The first kappa shape index (κ1) is 22.2. The van der Waals surface area contributed by atoms with Crippen molar-refractivity contribution >= 4 is 43.7 Å². The molecular weight excluding hydrogens is 496 g/mol. The lowest BCUT2D eigenvalue weighted by Crippen LogP contribution is -2.44. The number of amides is 2. The monoisotopic (exact) mass is 514 g/mol. The second kappa shape index (κ2) is 11.0. The summed E-state index contributed by atoms with van der Waals surface area (Å²) in [5.74, 6) is -0.101. The maximum Gasteiger partial charge on any atom is 0.276 e. The highest BCUT2D eigenvalue weighted by atomic mass is 79.9. The molecule has 0 saturated carbocycles. The van der Waals surface area contributed by atoms with Crippen LogP contribution in [0, 0.1) is 6.92 Å². The van der Waals surface area contributed by atoms with E-state index in [9.17, 15) is 9.59 Å². The predicted octanol–water partition coefficient (Wildman–Crippen LogP) is 3.39. The third kappa shape index (κ3) is 6.81. The van der Waals surface area contributed by atoms with Gasteiger partial charge in [-0.05, 0) is 58.7 Å². The van der Waals surface area contributed by atoms with Crippen molar-refractivity contribution in [3.63, 3.8) is 0 Å². The molecule has 150 valence electrons. The second-order valence-electron chi connectivity index (χ2n) is 5.71. The van der Waals surface area contributed by atoms with Crippen LogP contribution in [0.2, 0.25) is 0 Å². The zero-order valence-corrected chi connectivity index (χ0v) is 18.6. The molecule has 0 saturated heterocycles. The quantitative estimate of drug-likeness (QED) is 0.416. The number of aryl methyl sites for hydroxylation is 1. The van der Waals surface area contributed by atoms with Crippen molar-refractivity contribution in [3.8, 4) is 11.5 Å². The lowest BCUT2D eigenvalue weighted by molar-refractivity contribution is -0.123. The van der Waals surface area contributed by atoms with Crippen LogP contribution in [0.1, 0.15) is 15.9 Å². The van der Waals surface area contributed by atoms with E-state index in [1.807, 2.05) is 19.1 Å². The van der Waals surface area contributed by atoms with Gasteiger partial charge in [0.15, 0.2) is 6.61 Å². The van der Waals surface area contributed by atoms with Gasteiger partial charge in [-0.15, -0.1) is 0 Å². The molecule has 2 N–H and O–H groups in total. The van der Waals surface area contributed by atoms with E-state index in [0.717, 1.165) is 10.0 Å². The molecule has 2 aromatic carbocycles. The van der Waals surface area contributed by atoms with Crippen LogP contribution in [0.5, 0.6) is 11.5 Å². The number of nitrogens with one attached hydrogen (secondary N) is 2.